The molecule has 6 nitrogen and oxygen atoms in total. The minimum absolute atomic E-state index is 0.0165. The van der Waals surface area contributed by atoms with Crippen LogP contribution in [-0.4, -0.2) is 35.2 Å². The van der Waals surface area contributed by atoms with E-state index >= 15 is 0 Å². The number of carbonyl (C=O) groups excluding carboxylic acids is 1. The first-order valence-corrected chi connectivity index (χ1v) is 13.6. The predicted octanol–water partition coefficient (Wildman–Crippen LogP) is 6.46. The van der Waals surface area contributed by atoms with E-state index in [1.54, 1.807) is 18.3 Å². The molecule has 2 aromatic heterocycles. The van der Waals surface area contributed by atoms with Gasteiger partial charge in [0.2, 0.25) is 0 Å². The lowest BCUT2D eigenvalue weighted by atomic mass is 9.92. The third-order valence-electron chi connectivity index (χ3n) is 6.70. The second-order valence-corrected chi connectivity index (χ2v) is 10.6. The largest absolute Gasteiger partial charge is 0.481 e. The first-order chi connectivity index (χ1) is 18.3. The van der Waals surface area contributed by atoms with Crippen molar-refractivity contribution in [2.75, 3.05) is 7.11 Å². The van der Waals surface area contributed by atoms with Crippen molar-refractivity contribution in [2.24, 2.45) is 0 Å². The second kappa shape index (κ2) is 12.3. The average Bonchev–Trinajstić information content (AvgIpc) is 3.50. The summed E-state index contributed by atoms with van der Waals surface area (Å²) in [5, 5.41) is 10.6. The molecule has 2 heterocycles. The number of esters is 1. The van der Waals surface area contributed by atoms with Gasteiger partial charge in [0.15, 0.2) is 6.10 Å². The number of aromatic nitrogens is 1. The van der Waals surface area contributed by atoms with Crippen LogP contribution in [0.15, 0.2) is 54.6 Å². The van der Waals surface area contributed by atoms with Gasteiger partial charge in [-0.1, -0.05) is 60.2 Å². The number of fused-ring (bicyclic) bond motifs is 3. The summed E-state index contributed by atoms with van der Waals surface area (Å²) >= 11 is 1.78. The highest BCUT2D eigenvalue weighted by Crippen LogP contribution is 2.43. The molecule has 5 rings (SSSR count). The van der Waals surface area contributed by atoms with Crippen LogP contribution in [0.1, 0.15) is 46.2 Å². The second-order valence-electron chi connectivity index (χ2n) is 9.49. The number of aliphatic carboxylic acids is 1. The Balaban J connectivity index is 0.000000206. The lowest BCUT2D eigenvalue weighted by molar-refractivity contribution is -0.153. The molecule has 0 bridgehead atoms. The topological polar surface area (TPSA) is 85.7 Å². The van der Waals surface area contributed by atoms with Crippen LogP contribution in [0.5, 0.6) is 0 Å². The van der Waals surface area contributed by atoms with Gasteiger partial charge in [0.05, 0.1) is 20.1 Å². The van der Waals surface area contributed by atoms with Gasteiger partial charge in [-0.25, -0.2) is 9.78 Å². The van der Waals surface area contributed by atoms with Gasteiger partial charge in [-0.3, -0.25) is 4.79 Å². The van der Waals surface area contributed by atoms with E-state index in [2.05, 4.69) is 35.9 Å². The maximum Gasteiger partial charge on any atom is 0.334 e. The Hall–Kier alpha value is -3.55. The minimum Gasteiger partial charge on any atom is -0.481 e. The Bertz CT molecular complexity index is 1430. The molecule has 0 spiro atoms. The third kappa shape index (κ3) is 6.29. The summed E-state index contributed by atoms with van der Waals surface area (Å²) in [6.45, 7) is 6.10. The third-order valence-corrected chi connectivity index (χ3v) is 7.89. The van der Waals surface area contributed by atoms with Crippen molar-refractivity contribution in [2.45, 2.75) is 59.2 Å². The fraction of sp³-hybridized carbons (Fsp3) is 0.323. The predicted molar refractivity (Wildman–Crippen MR) is 151 cm³/mol. The van der Waals surface area contributed by atoms with Crippen LogP contribution in [0.4, 0.5) is 0 Å². The molecule has 1 aliphatic rings. The summed E-state index contributed by atoms with van der Waals surface area (Å²) in [7, 11) is 1.35. The molecule has 1 N–H and O–H groups in total. The van der Waals surface area contributed by atoms with Crippen molar-refractivity contribution in [3.05, 3.63) is 87.4 Å². The van der Waals surface area contributed by atoms with Gasteiger partial charge in [0, 0.05) is 16.0 Å². The highest BCUT2D eigenvalue weighted by molar-refractivity contribution is 7.19. The maximum absolute atomic E-state index is 11.4. The van der Waals surface area contributed by atoms with Gasteiger partial charge in [-0.05, 0) is 67.9 Å². The number of carboxylic acid groups (broad SMARTS) is 1. The van der Waals surface area contributed by atoms with E-state index in [-0.39, 0.29) is 12.4 Å². The average molecular weight is 532 g/mol. The first-order valence-electron chi connectivity index (χ1n) is 12.7. The molecule has 0 amide bonds. The number of benzene rings is 2. The lowest BCUT2D eigenvalue weighted by Gasteiger charge is -2.14. The lowest BCUT2D eigenvalue weighted by Crippen LogP contribution is -2.21. The number of rotatable bonds is 7. The number of carbonyl (C=O) groups is 2. The normalized spacial score (nSPS) is 12.9. The van der Waals surface area contributed by atoms with E-state index in [1.807, 2.05) is 37.3 Å². The smallest absolute Gasteiger partial charge is 0.334 e. The molecule has 0 aliphatic heterocycles. The van der Waals surface area contributed by atoms with Gasteiger partial charge < -0.3 is 14.6 Å². The Labute approximate surface area is 227 Å². The van der Waals surface area contributed by atoms with Crippen molar-refractivity contribution >= 4 is 33.5 Å². The zero-order valence-electron chi connectivity index (χ0n) is 22.2. The molecule has 4 aromatic rings. The zero-order chi connectivity index (χ0) is 27.2. The van der Waals surface area contributed by atoms with E-state index in [0.29, 0.717) is 6.61 Å². The molecule has 1 unspecified atom stereocenters. The van der Waals surface area contributed by atoms with Crippen LogP contribution >= 0.6 is 11.3 Å². The highest BCUT2D eigenvalue weighted by Gasteiger charge is 2.25. The standard InChI is InChI=1S/C20H19NO2S.C11H14O3/c1-11-6-8-13(9-7-11)18-15(10-17(22)23)12(2)21-20-19(18)14-4-3-5-16(14)24-20;1-9(11(12)13-2)14-8-10-6-4-3-5-7-10/h6-9H,3-5,10H2,1-2H3,(H,22,23);3-7,9H,8H2,1-2H3. The zero-order valence-corrected chi connectivity index (χ0v) is 23.1. The Morgan fingerprint density at radius 2 is 1.76 bits per heavy atom. The summed E-state index contributed by atoms with van der Waals surface area (Å²) in [4.78, 5) is 29.7. The summed E-state index contributed by atoms with van der Waals surface area (Å²) in [6, 6.07) is 18.1. The van der Waals surface area contributed by atoms with Crippen LogP contribution in [0.25, 0.3) is 21.3 Å². The molecule has 7 heteroatoms. The molecule has 2 aromatic carbocycles. The molecule has 198 valence electrons. The minimum atomic E-state index is -0.806. The van der Waals surface area contributed by atoms with E-state index in [9.17, 15) is 14.7 Å². The van der Waals surface area contributed by atoms with Crippen LogP contribution in [-0.2, 0) is 44.9 Å². The van der Waals surface area contributed by atoms with Crippen LogP contribution in [0, 0.1) is 13.8 Å². The number of thiophene rings is 1. The Morgan fingerprint density at radius 3 is 2.42 bits per heavy atom. The van der Waals surface area contributed by atoms with Crippen LogP contribution in [0.3, 0.4) is 0 Å². The molecule has 0 radical (unpaired) electrons. The van der Waals surface area contributed by atoms with Crippen molar-refractivity contribution in [3.63, 3.8) is 0 Å². The molecule has 0 saturated carbocycles. The van der Waals surface area contributed by atoms with E-state index in [1.165, 1.54) is 34.9 Å². The number of ether oxygens (including phenoxy) is 2. The van der Waals surface area contributed by atoms with Crippen LogP contribution in [0.2, 0.25) is 0 Å². The van der Waals surface area contributed by atoms with Crippen LogP contribution < -0.4 is 0 Å². The number of nitrogens with zero attached hydrogens (tertiary/aromatic N) is 1. The number of carboxylic acids is 1. The van der Waals surface area contributed by atoms with Gasteiger partial charge in [-0.15, -0.1) is 11.3 Å². The monoisotopic (exact) mass is 531 g/mol. The summed E-state index contributed by atoms with van der Waals surface area (Å²) in [6.07, 6.45) is 2.89. The highest BCUT2D eigenvalue weighted by atomic mass is 32.1. The molecule has 0 fully saturated rings. The fourth-order valence-corrected chi connectivity index (χ4v) is 6.03. The van der Waals surface area contributed by atoms with Gasteiger partial charge in [0.25, 0.3) is 0 Å². The molecular weight excluding hydrogens is 498 g/mol. The number of aryl methyl sites for hydroxylation is 4. The SMILES string of the molecule is COC(=O)C(C)OCc1ccccc1.Cc1ccc(-c2c(CC(=O)O)c(C)nc3sc4c(c23)CCC4)cc1. The first kappa shape index (κ1) is 27.5. The number of hydrogen-bond acceptors (Lipinski definition) is 6. The van der Waals surface area contributed by atoms with Crippen molar-refractivity contribution in [1.82, 2.24) is 4.98 Å². The Kier molecular flexibility index (Phi) is 8.92. The number of pyridine rings is 1. The van der Waals surface area contributed by atoms with E-state index in [0.717, 1.165) is 45.6 Å². The molecule has 38 heavy (non-hydrogen) atoms. The Morgan fingerprint density at radius 1 is 1.05 bits per heavy atom. The number of hydrogen-bond donors (Lipinski definition) is 1. The molecule has 1 atom stereocenters. The van der Waals surface area contributed by atoms with Gasteiger partial charge in [-0.2, -0.15) is 0 Å². The van der Waals surface area contributed by atoms with E-state index in [4.69, 9.17) is 9.72 Å². The quantitative estimate of drug-likeness (QED) is 0.276. The van der Waals surface area contributed by atoms with Gasteiger partial charge in [0.1, 0.15) is 4.83 Å². The summed E-state index contributed by atoms with van der Waals surface area (Å²) in [5.74, 6) is -1.15. The van der Waals surface area contributed by atoms with Crippen molar-refractivity contribution in [1.29, 1.82) is 0 Å². The van der Waals surface area contributed by atoms with Crippen molar-refractivity contribution < 1.29 is 24.2 Å². The van der Waals surface area contributed by atoms with E-state index < -0.39 is 12.1 Å². The van der Waals surface area contributed by atoms with Crippen molar-refractivity contribution in [3.8, 4) is 11.1 Å². The maximum atomic E-state index is 11.4. The summed E-state index contributed by atoms with van der Waals surface area (Å²) < 4.78 is 9.84. The van der Waals surface area contributed by atoms with Gasteiger partial charge >= 0.3 is 11.9 Å². The summed E-state index contributed by atoms with van der Waals surface area (Å²) in [5.41, 5.74) is 7.51. The number of methoxy groups -OCH3 is 1. The molecule has 0 saturated heterocycles. The molecular formula is C31H33NO5S. The molecule has 1 aliphatic carbocycles. The fourth-order valence-electron chi connectivity index (χ4n) is 4.71.